The fourth-order valence-electron chi connectivity index (χ4n) is 3.32. The Morgan fingerprint density at radius 2 is 2.04 bits per heavy atom. The fourth-order valence-corrected chi connectivity index (χ4v) is 4.17. The number of rotatable bonds is 3. The molecule has 0 aliphatic heterocycles. The maximum atomic E-state index is 12.6. The number of nitrogens with zero attached hydrogens (tertiary/aromatic N) is 4. The molecule has 9 heteroatoms. The van der Waals surface area contributed by atoms with Crippen LogP contribution in [0.5, 0.6) is 0 Å². The minimum Gasteiger partial charge on any atom is -0.393 e. The van der Waals surface area contributed by atoms with Gasteiger partial charge in [-0.3, -0.25) is 4.79 Å². The van der Waals surface area contributed by atoms with Crippen LogP contribution < -0.4 is 10.6 Å². The van der Waals surface area contributed by atoms with Gasteiger partial charge in [0, 0.05) is 20.1 Å². The summed E-state index contributed by atoms with van der Waals surface area (Å²) in [6.45, 7) is 0. The van der Waals surface area contributed by atoms with Gasteiger partial charge in [-0.05, 0) is 25.7 Å². The van der Waals surface area contributed by atoms with Crippen LogP contribution in [0.15, 0.2) is 6.33 Å². The van der Waals surface area contributed by atoms with Crippen LogP contribution in [-0.2, 0) is 7.05 Å². The molecule has 1 amide bonds. The summed E-state index contributed by atoms with van der Waals surface area (Å²) in [6.07, 6.45) is 4.54. The Morgan fingerprint density at radius 1 is 1.28 bits per heavy atom. The molecule has 3 aromatic heterocycles. The molecule has 0 spiro atoms. The number of pyridine rings is 1. The molecule has 1 aliphatic rings. The number of nitrogens with one attached hydrogen (secondary N) is 2. The van der Waals surface area contributed by atoms with Crippen molar-refractivity contribution in [3.05, 3.63) is 11.3 Å². The summed E-state index contributed by atoms with van der Waals surface area (Å²) < 4.78 is 1.89. The largest absolute Gasteiger partial charge is 0.393 e. The van der Waals surface area contributed by atoms with E-state index >= 15 is 0 Å². The molecule has 0 atom stereocenters. The number of amides is 1. The summed E-state index contributed by atoms with van der Waals surface area (Å²) in [6, 6.07) is 0.0977. The van der Waals surface area contributed by atoms with Gasteiger partial charge in [0.25, 0.3) is 5.91 Å². The van der Waals surface area contributed by atoms with Crippen LogP contribution in [0.3, 0.4) is 0 Å². The highest BCUT2D eigenvalue weighted by molar-refractivity contribution is 7.20. The quantitative estimate of drug-likeness (QED) is 0.656. The zero-order chi connectivity index (χ0) is 17.6. The summed E-state index contributed by atoms with van der Waals surface area (Å²) in [7, 11) is 3.70. The number of fused-ring (bicyclic) bond motifs is 3. The Morgan fingerprint density at radius 3 is 2.76 bits per heavy atom. The number of hydrogen-bond acceptors (Lipinski definition) is 7. The number of carbonyl (C=O) groups is 1. The summed E-state index contributed by atoms with van der Waals surface area (Å²) in [5.74, 6) is 0.505. The molecule has 8 nitrogen and oxygen atoms in total. The Kier molecular flexibility index (Phi) is 4.04. The van der Waals surface area contributed by atoms with Crippen LogP contribution in [0.25, 0.3) is 21.4 Å². The molecule has 3 N–H and O–H groups in total. The number of aromatic nitrogens is 4. The molecule has 1 fully saturated rings. The number of imidazole rings is 1. The van der Waals surface area contributed by atoms with Crippen molar-refractivity contribution in [2.24, 2.45) is 7.05 Å². The third kappa shape index (κ3) is 2.83. The molecular weight excluding hydrogens is 340 g/mol. The molecule has 25 heavy (non-hydrogen) atoms. The molecule has 4 rings (SSSR count). The lowest BCUT2D eigenvalue weighted by Gasteiger charge is -2.25. The van der Waals surface area contributed by atoms with Crippen molar-refractivity contribution in [2.75, 3.05) is 12.4 Å². The SMILES string of the molecule is CNc1nc2sc(C(=O)N[C@H]3CC[C@H](O)CC3)nc2c2c1ncn2C. The molecule has 0 saturated heterocycles. The molecule has 0 radical (unpaired) electrons. The highest BCUT2D eigenvalue weighted by Crippen LogP contribution is 2.31. The Bertz CT molecular complexity index is 941. The van der Waals surface area contributed by atoms with E-state index in [9.17, 15) is 9.90 Å². The predicted molar refractivity (Wildman–Crippen MR) is 97.0 cm³/mol. The number of aliphatic hydroxyl groups excluding tert-OH is 1. The topological polar surface area (TPSA) is 105 Å². The monoisotopic (exact) mass is 360 g/mol. The predicted octanol–water partition coefficient (Wildman–Crippen LogP) is 1.65. The zero-order valence-electron chi connectivity index (χ0n) is 14.1. The van der Waals surface area contributed by atoms with E-state index in [-0.39, 0.29) is 18.1 Å². The average molecular weight is 360 g/mol. The molecule has 132 valence electrons. The number of hydrogen-bond donors (Lipinski definition) is 3. The highest BCUT2D eigenvalue weighted by Gasteiger charge is 2.24. The van der Waals surface area contributed by atoms with Gasteiger partial charge in [-0.2, -0.15) is 0 Å². The number of aryl methyl sites for hydroxylation is 1. The third-order valence-corrected chi connectivity index (χ3v) is 5.62. The van der Waals surface area contributed by atoms with Gasteiger partial charge in [0.15, 0.2) is 10.8 Å². The second-order valence-electron chi connectivity index (χ2n) is 6.41. The second-order valence-corrected chi connectivity index (χ2v) is 7.39. The Hall–Kier alpha value is -2.26. The van der Waals surface area contributed by atoms with E-state index in [1.807, 2.05) is 11.6 Å². The van der Waals surface area contributed by atoms with Crippen molar-refractivity contribution in [3.8, 4) is 0 Å². The molecule has 3 heterocycles. The minimum atomic E-state index is -0.238. The van der Waals surface area contributed by atoms with Crippen molar-refractivity contribution < 1.29 is 9.90 Å². The minimum absolute atomic E-state index is 0.0977. The van der Waals surface area contributed by atoms with Crippen molar-refractivity contribution in [3.63, 3.8) is 0 Å². The van der Waals surface area contributed by atoms with Gasteiger partial charge in [-0.1, -0.05) is 11.3 Å². The van der Waals surface area contributed by atoms with Crippen molar-refractivity contribution in [1.82, 2.24) is 24.8 Å². The lowest BCUT2D eigenvalue weighted by Crippen LogP contribution is -2.38. The molecule has 1 aliphatic carbocycles. The molecule has 3 aromatic rings. The fraction of sp³-hybridized carbons (Fsp3) is 0.500. The molecule has 0 unspecified atom stereocenters. The van der Waals surface area contributed by atoms with Crippen LogP contribution in [-0.4, -0.2) is 49.7 Å². The lowest BCUT2D eigenvalue weighted by molar-refractivity contribution is 0.0867. The van der Waals surface area contributed by atoms with Gasteiger partial charge in [0.05, 0.1) is 12.4 Å². The Balaban J connectivity index is 1.68. The van der Waals surface area contributed by atoms with Crippen LogP contribution in [0.4, 0.5) is 5.82 Å². The smallest absolute Gasteiger partial charge is 0.280 e. The second kappa shape index (κ2) is 6.23. The van der Waals surface area contributed by atoms with E-state index < -0.39 is 0 Å². The van der Waals surface area contributed by atoms with Gasteiger partial charge < -0.3 is 20.3 Å². The normalized spacial score (nSPS) is 20.9. The van der Waals surface area contributed by atoms with Crippen LogP contribution in [0.1, 0.15) is 35.5 Å². The van der Waals surface area contributed by atoms with Crippen molar-refractivity contribution in [2.45, 2.75) is 37.8 Å². The summed E-state index contributed by atoms with van der Waals surface area (Å²) in [4.78, 5) is 26.8. The number of aliphatic hydroxyl groups is 1. The van der Waals surface area contributed by atoms with Gasteiger partial charge >= 0.3 is 0 Å². The molecule has 0 bridgehead atoms. The highest BCUT2D eigenvalue weighted by atomic mass is 32.1. The number of anilines is 1. The molecule has 0 aromatic carbocycles. The van der Waals surface area contributed by atoms with E-state index in [0.717, 1.165) is 36.7 Å². The van der Waals surface area contributed by atoms with Gasteiger partial charge in [-0.15, -0.1) is 0 Å². The van der Waals surface area contributed by atoms with Crippen molar-refractivity contribution in [1.29, 1.82) is 0 Å². The first-order valence-corrected chi connectivity index (χ1v) is 9.16. The van der Waals surface area contributed by atoms with E-state index in [2.05, 4.69) is 25.6 Å². The number of carbonyl (C=O) groups excluding carboxylic acids is 1. The summed E-state index contributed by atoms with van der Waals surface area (Å²) >= 11 is 1.29. The summed E-state index contributed by atoms with van der Waals surface area (Å²) in [5, 5.41) is 16.1. The lowest BCUT2D eigenvalue weighted by atomic mass is 9.93. The molecule has 1 saturated carbocycles. The van der Waals surface area contributed by atoms with E-state index in [1.165, 1.54) is 11.3 Å². The van der Waals surface area contributed by atoms with Crippen LogP contribution in [0.2, 0.25) is 0 Å². The van der Waals surface area contributed by atoms with Crippen LogP contribution in [0, 0.1) is 0 Å². The first-order valence-electron chi connectivity index (χ1n) is 8.35. The molecular formula is C16H20N6O2S. The third-order valence-electron chi connectivity index (χ3n) is 4.67. The Labute approximate surface area is 148 Å². The van der Waals surface area contributed by atoms with Gasteiger partial charge in [-0.25, -0.2) is 15.0 Å². The van der Waals surface area contributed by atoms with Gasteiger partial charge in [0.1, 0.15) is 21.4 Å². The van der Waals surface area contributed by atoms with Crippen LogP contribution >= 0.6 is 11.3 Å². The zero-order valence-corrected chi connectivity index (χ0v) is 14.9. The maximum Gasteiger partial charge on any atom is 0.280 e. The van der Waals surface area contributed by atoms with E-state index in [0.29, 0.717) is 21.2 Å². The summed E-state index contributed by atoms with van der Waals surface area (Å²) in [5.41, 5.74) is 2.31. The standard InChI is InChI=1S/C16H20N6O2S/c1-17-13-10-12(22(2)7-18-10)11-15(21-13)25-16(20-11)14(24)19-8-3-5-9(23)6-4-8/h7-9,23H,3-6H2,1-2H3,(H,17,21)(H,19,24)/t8-,9-. The number of thiazole rings is 1. The van der Waals surface area contributed by atoms with E-state index in [1.54, 1.807) is 13.4 Å². The van der Waals surface area contributed by atoms with E-state index in [4.69, 9.17) is 0 Å². The first kappa shape index (κ1) is 16.2. The van der Waals surface area contributed by atoms with Crippen molar-refractivity contribution >= 4 is 44.4 Å². The van der Waals surface area contributed by atoms with Gasteiger partial charge in [0.2, 0.25) is 0 Å². The average Bonchev–Trinajstić information content (AvgIpc) is 3.19. The maximum absolute atomic E-state index is 12.6. The first-order chi connectivity index (χ1) is 12.1.